The minimum Gasteiger partial charge on any atom is -0.463 e. The number of fused-ring (bicyclic) bond motifs is 1. The van der Waals surface area contributed by atoms with E-state index in [1.165, 1.54) is 6.20 Å². The second-order valence-corrected chi connectivity index (χ2v) is 20.8. The number of hydrogen-bond acceptors (Lipinski definition) is 4. The quantitative estimate of drug-likeness (QED) is 0.238. The number of hydrogen-bond donors (Lipinski definition) is 0. The molecule has 0 saturated heterocycles. The van der Waals surface area contributed by atoms with E-state index in [1.807, 2.05) is 36.3 Å². The van der Waals surface area contributed by atoms with Gasteiger partial charge >= 0.3 is 6.18 Å². The van der Waals surface area contributed by atoms with Gasteiger partial charge in [-0.2, -0.15) is 13.2 Å². The Morgan fingerprint density at radius 2 is 1.69 bits per heavy atom. The maximum atomic E-state index is 15.6. The van der Waals surface area contributed by atoms with Crippen LogP contribution < -0.4 is 15.2 Å². The zero-order valence-corrected chi connectivity index (χ0v) is 23.1. The molecule has 0 aliphatic heterocycles. The van der Waals surface area contributed by atoms with Gasteiger partial charge in [-0.3, -0.25) is 0 Å². The van der Waals surface area contributed by atoms with Crippen LogP contribution in [0.25, 0.3) is 16.6 Å². The monoisotopic (exact) mass is 596 g/mol. The third kappa shape index (κ3) is 4.86. The number of ether oxygens (including phenoxy) is 1. The number of alkyl halides is 3. The Morgan fingerprint density at radius 3 is 2.22 bits per heavy atom. The molecule has 0 aliphatic rings. The summed E-state index contributed by atoms with van der Waals surface area (Å²) in [6.07, 6.45) is -5.36. The summed E-state index contributed by atoms with van der Waals surface area (Å²) in [7, 11) is -4.24. The van der Waals surface area contributed by atoms with Crippen LogP contribution in [0.5, 0.6) is 5.88 Å². The van der Waals surface area contributed by atoms with E-state index in [9.17, 15) is 13.2 Å². The molecule has 3 aromatic rings. The molecule has 0 N–H and O–H groups in total. The number of halogens is 5. The molecule has 174 valence electrons. The summed E-state index contributed by atoms with van der Waals surface area (Å²) in [5.41, 5.74) is 2.11. The standard InChI is InChI=1S/C20H25F4IN4OSi2/c1-11(20(22,23)24)30-19-16(21)17(32(5,6)7)13(10-26-19)12-8-14-18(25)27-28-29(14)15(9-12)31(2,3)4/h8-11H,1-7H3/t11-/m0/s1. The smallest absolute Gasteiger partial charge is 0.425 e. The van der Waals surface area contributed by atoms with Gasteiger partial charge in [0.05, 0.1) is 8.07 Å². The van der Waals surface area contributed by atoms with Gasteiger partial charge in [-0.1, -0.05) is 44.5 Å². The molecule has 32 heavy (non-hydrogen) atoms. The summed E-state index contributed by atoms with van der Waals surface area (Å²) < 4.78 is 61.9. The molecular weight excluding hydrogens is 571 g/mol. The minimum absolute atomic E-state index is 0.380. The fourth-order valence-corrected chi connectivity index (χ4v) is 7.05. The van der Waals surface area contributed by atoms with E-state index in [2.05, 4.69) is 57.5 Å². The van der Waals surface area contributed by atoms with E-state index in [0.717, 1.165) is 23.3 Å². The van der Waals surface area contributed by atoms with Crippen molar-refractivity contribution in [3.8, 4) is 17.0 Å². The van der Waals surface area contributed by atoms with Crippen LogP contribution in [0, 0.1) is 9.52 Å². The van der Waals surface area contributed by atoms with E-state index in [-0.39, 0.29) is 0 Å². The molecule has 3 aromatic heterocycles. The van der Waals surface area contributed by atoms with E-state index in [4.69, 9.17) is 4.74 Å². The third-order valence-electron chi connectivity index (χ3n) is 5.04. The molecule has 12 heteroatoms. The topological polar surface area (TPSA) is 52.3 Å². The maximum absolute atomic E-state index is 15.6. The highest BCUT2D eigenvalue weighted by Gasteiger charge is 2.39. The van der Waals surface area contributed by atoms with Crippen molar-refractivity contribution in [1.29, 1.82) is 0 Å². The Morgan fingerprint density at radius 1 is 1.06 bits per heavy atom. The minimum atomic E-state index is -4.62. The molecule has 0 spiro atoms. The number of pyridine rings is 2. The van der Waals surface area contributed by atoms with Gasteiger partial charge in [0.2, 0.25) is 0 Å². The lowest BCUT2D eigenvalue weighted by atomic mass is 10.1. The molecular formula is C20H25F4IN4OSi2. The normalized spacial score (nSPS) is 14.1. The number of aromatic nitrogens is 4. The van der Waals surface area contributed by atoms with Gasteiger partial charge in [-0.25, -0.2) is 13.9 Å². The van der Waals surface area contributed by atoms with Crippen molar-refractivity contribution in [2.24, 2.45) is 0 Å². The van der Waals surface area contributed by atoms with Gasteiger partial charge < -0.3 is 4.74 Å². The molecule has 0 aromatic carbocycles. The summed E-state index contributed by atoms with van der Waals surface area (Å²) >= 11 is 2.11. The lowest BCUT2D eigenvalue weighted by Crippen LogP contribution is -2.44. The molecule has 0 fully saturated rings. The lowest BCUT2D eigenvalue weighted by molar-refractivity contribution is -0.190. The fourth-order valence-electron chi connectivity index (χ4n) is 3.39. The molecule has 3 rings (SSSR count). The zero-order chi connectivity index (χ0) is 24.2. The Labute approximate surface area is 199 Å². The molecule has 3 heterocycles. The lowest BCUT2D eigenvalue weighted by Gasteiger charge is -2.25. The largest absolute Gasteiger partial charge is 0.463 e. The molecule has 0 radical (unpaired) electrons. The average Bonchev–Trinajstić information content (AvgIpc) is 3.00. The van der Waals surface area contributed by atoms with E-state index in [1.54, 1.807) is 0 Å². The van der Waals surface area contributed by atoms with Crippen LogP contribution in [0.1, 0.15) is 6.92 Å². The maximum Gasteiger partial charge on any atom is 0.425 e. The van der Waals surface area contributed by atoms with Crippen LogP contribution >= 0.6 is 22.6 Å². The highest BCUT2D eigenvalue weighted by atomic mass is 127. The van der Waals surface area contributed by atoms with Gasteiger partial charge in [0.25, 0.3) is 5.88 Å². The van der Waals surface area contributed by atoms with Gasteiger partial charge in [0.1, 0.15) is 13.6 Å². The van der Waals surface area contributed by atoms with Crippen LogP contribution in [0.2, 0.25) is 39.3 Å². The van der Waals surface area contributed by atoms with Crippen molar-refractivity contribution in [3.05, 3.63) is 27.8 Å². The number of nitrogens with zero attached hydrogens (tertiary/aromatic N) is 4. The summed E-state index contributed by atoms with van der Waals surface area (Å²) in [6.45, 7) is 13.2. The molecule has 0 unspecified atom stereocenters. The molecule has 0 bridgehead atoms. The molecule has 5 nitrogen and oxygen atoms in total. The first-order valence-corrected chi connectivity index (χ1v) is 18.1. The summed E-state index contributed by atoms with van der Waals surface area (Å²) in [4.78, 5) is 3.96. The van der Waals surface area contributed by atoms with Crippen LogP contribution in [0.3, 0.4) is 0 Å². The predicted molar refractivity (Wildman–Crippen MR) is 131 cm³/mol. The van der Waals surface area contributed by atoms with Crippen LogP contribution in [-0.4, -0.2) is 48.2 Å². The number of rotatable bonds is 5. The first kappa shape index (κ1) is 25.1. The second-order valence-electron chi connectivity index (χ2n) is 9.77. The van der Waals surface area contributed by atoms with Crippen LogP contribution in [0.15, 0.2) is 18.3 Å². The van der Waals surface area contributed by atoms with Gasteiger partial charge in [-0.05, 0) is 52.4 Å². The summed E-state index contributed by atoms with van der Waals surface area (Å²) in [6, 6.07) is 3.85. The van der Waals surface area contributed by atoms with E-state index in [0.29, 0.717) is 14.5 Å². The van der Waals surface area contributed by atoms with E-state index < -0.39 is 40.1 Å². The van der Waals surface area contributed by atoms with Gasteiger partial charge in [0.15, 0.2) is 15.6 Å². The average molecular weight is 597 g/mol. The molecule has 0 aliphatic carbocycles. The van der Waals surface area contributed by atoms with Crippen molar-refractivity contribution in [2.45, 2.75) is 58.5 Å². The van der Waals surface area contributed by atoms with Crippen LogP contribution in [0.4, 0.5) is 17.6 Å². The summed E-state index contributed by atoms with van der Waals surface area (Å²) in [5, 5.41) is 9.83. The zero-order valence-electron chi connectivity index (χ0n) is 18.9. The van der Waals surface area contributed by atoms with Gasteiger partial charge in [-0.15, -0.1) is 5.10 Å². The molecule has 0 saturated carbocycles. The molecule has 0 amide bonds. The van der Waals surface area contributed by atoms with Crippen molar-refractivity contribution >= 4 is 54.8 Å². The Bertz CT molecular complexity index is 1170. The fraction of sp³-hybridized carbons (Fsp3) is 0.450. The molecule has 1 atom stereocenters. The predicted octanol–water partition coefficient (Wildman–Crippen LogP) is 4.96. The second kappa shape index (κ2) is 8.35. The van der Waals surface area contributed by atoms with Crippen LogP contribution in [-0.2, 0) is 0 Å². The highest BCUT2D eigenvalue weighted by molar-refractivity contribution is 14.1. The first-order chi connectivity index (χ1) is 14.5. The Balaban J connectivity index is 2.28. The van der Waals surface area contributed by atoms with Gasteiger partial charge in [0, 0.05) is 17.1 Å². The van der Waals surface area contributed by atoms with Crippen molar-refractivity contribution in [2.75, 3.05) is 0 Å². The third-order valence-corrected chi connectivity index (χ3v) is 9.69. The Kier molecular flexibility index (Phi) is 6.54. The summed E-state index contributed by atoms with van der Waals surface area (Å²) in [5.74, 6) is -1.45. The SMILES string of the molecule is C[C@H](Oc1ncc(-c2cc([Si](C)(C)C)n3nnc(I)c3c2)c([Si](C)(C)C)c1F)C(F)(F)F. The van der Waals surface area contributed by atoms with E-state index >= 15 is 4.39 Å². The highest BCUT2D eigenvalue weighted by Crippen LogP contribution is 2.30. The van der Waals surface area contributed by atoms with Crippen molar-refractivity contribution in [1.82, 2.24) is 19.8 Å². The Hall–Kier alpha value is -1.55. The van der Waals surface area contributed by atoms with Crippen molar-refractivity contribution in [3.63, 3.8) is 0 Å². The van der Waals surface area contributed by atoms with Crippen molar-refractivity contribution < 1.29 is 22.3 Å². The first-order valence-electron chi connectivity index (χ1n) is 10.00.